The van der Waals surface area contributed by atoms with Crippen molar-refractivity contribution < 1.29 is 31.0 Å². The Balaban J connectivity index is 0.00000253. The summed E-state index contributed by atoms with van der Waals surface area (Å²) in [6.07, 6.45) is 0. The number of phenols is 1. The van der Waals surface area contributed by atoms with E-state index < -0.39 is 36.6 Å². The van der Waals surface area contributed by atoms with Gasteiger partial charge in [-0.3, -0.25) is 9.11 Å². The quantitative estimate of drug-likeness (QED) is 0.110. The van der Waals surface area contributed by atoms with Crippen LogP contribution in [0.3, 0.4) is 0 Å². The zero-order valence-electron chi connectivity index (χ0n) is 20.1. The first-order valence-corrected chi connectivity index (χ1v) is 12.8. The van der Waals surface area contributed by atoms with E-state index in [2.05, 4.69) is 20.5 Å². The molecule has 186 valence electrons. The molecule has 0 aliphatic heterocycles. The Morgan fingerprint density at radius 2 is 1.11 bits per heavy atom. The number of nitrogens with two attached hydrogens (primary N) is 1. The second-order valence-electron chi connectivity index (χ2n) is 7.37. The fourth-order valence-corrected chi connectivity index (χ4v) is 4.31. The molecule has 0 spiro atoms. The molecule has 0 fully saturated rings. The summed E-state index contributed by atoms with van der Waals surface area (Å²) in [4.78, 5) is -0.922. The first kappa shape index (κ1) is 32.0. The molecule has 0 aromatic heterocycles. The molecule has 0 amide bonds. The van der Waals surface area contributed by atoms with Gasteiger partial charge in [-0.05, 0) is 60.7 Å². The smallest absolute Gasteiger partial charge is 0.296 e. The second-order valence-corrected chi connectivity index (χ2v) is 10.2. The normalized spacial score (nSPS) is 11.9. The molecule has 2 radical (unpaired) electrons. The van der Waals surface area contributed by atoms with Crippen LogP contribution in [0.25, 0.3) is 10.8 Å². The van der Waals surface area contributed by atoms with Crippen molar-refractivity contribution in [2.45, 2.75) is 9.79 Å². The Labute approximate surface area is 261 Å². The Morgan fingerprint density at radius 3 is 1.58 bits per heavy atom. The number of fused-ring (bicyclic) bond motifs is 1. The molecule has 12 nitrogen and oxygen atoms in total. The van der Waals surface area contributed by atoms with E-state index in [0.29, 0.717) is 11.4 Å². The number of azo groups is 2. The van der Waals surface area contributed by atoms with Gasteiger partial charge < -0.3 is 10.8 Å². The molecule has 0 aliphatic carbocycles. The van der Waals surface area contributed by atoms with Crippen LogP contribution in [0.15, 0.2) is 103 Å². The fraction of sp³-hybridized carbons (Fsp3) is 0. The van der Waals surface area contributed by atoms with E-state index in [9.17, 15) is 26.5 Å². The zero-order chi connectivity index (χ0) is 26.1. The first-order chi connectivity index (χ1) is 16.9. The third-order valence-corrected chi connectivity index (χ3v) is 6.67. The van der Waals surface area contributed by atoms with Crippen molar-refractivity contribution in [3.63, 3.8) is 0 Å². The number of anilines is 1. The molecule has 38 heavy (non-hydrogen) atoms. The Morgan fingerprint density at radius 1 is 0.632 bits per heavy atom. The number of phenolic OH excluding ortho intramolecular Hbond substituents is 1. The molecule has 16 heteroatoms. The number of nitrogens with zero attached hydrogens (tertiary/aromatic N) is 4. The molecule has 0 atom stereocenters. The Bertz CT molecular complexity index is 1750. The monoisotopic (exact) mass is 573 g/mol. The number of benzene rings is 4. The van der Waals surface area contributed by atoms with Crippen molar-refractivity contribution in [2.24, 2.45) is 20.5 Å². The number of rotatable bonds is 6. The molecule has 4 aromatic carbocycles. The molecule has 4 aromatic rings. The van der Waals surface area contributed by atoms with Gasteiger partial charge in [-0.25, -0.2) is 0 Å². The predicted octanol–water partition coefficient (Wildman–Crippen LogP) is 4.69. The van der Waals surface area contributed by atoms with Crippen LogP contribution in [-0.2, 0) is 20.2 Å². The molecule has 0 saturated carbocycles. The van der Waals surface area contributed by atoms with Crippen LogP contribution >= 0.6 is 0 Å². The van der Waals surface area contributed by atoms with Gasteiger partial charge >= 0.3 is 0 Å². The van der Waals surface area contributed by atoms with Gasteiger partial charge in [-0.1, -0.05) is 12.1 Å². The van der Waals surface area contributed by atoms with Crippen LogP contribution < -0.4 is 5.73 Å². The average molecular weight is 574 g/mol. The van der Waals surface area contributed by atoms with E-state index in [1.807, 2.05) is 0 Å². The molecule has 5 N–H and O–H groups in total. The van der Waals surface area contributed by atoms with Gasteiger partial charge in [0.25, 0.3) is 20.2 Å². The third kappa shape index (κ3) is 7.45. The maximum absolute atomic E-state index is 11.9. The van der Waals surface area contributed by atoms with Crippen molar-refractivity contribution >= 4 is 119 Å². The maximum Gasteiger partial charge on any atom is 0.296 e. The number of nitrogen functional groups attached to an aromatic ring is 1. The van der Waals surface area contributed by atoms with E-state index in [1.165, 1.54) is 60.7 Å². The molecule has 0 aliphatic rings. The van der Waals surface area contributed by atoms with Gasteiger partial charge in [-0.15, -0.1) is 5.11 Å². The molecule has 0 heterocycles. The van der Waals surface area contributed by atoms with Crippen molar-refractivity contribution in [1.82, 2.24) is 0 Å². The summed E-state index contributed by atoms with van der Waals surface area (Å²) in [5.41, 5.74) is 6.65. The van der Waals surface area contributed by atoms with E-state index in [-0.39, 0.29) is 86.2 Å². The van der Waals surface area contributed by atoms with Crippen molar-refractivity contribution in [3.8, 4) is 5.75 Å². The van der Waals surface area contributed by atoms with Gasteiger partial charge in [0.2, 0.25) is 0 Å². The van der Waals surface area contributed by atoms with Crippen molar-refractivity contribution in [3.05, 3.63) is 72.8 Å². The molecule has 0 bridgehead atoms. The number of aromatic hydroxyl groups is 1. The number of hydrogen-bond donors (Lipinski definition) is 4. The van der Waals surface area contributed by atoms with Crippen LogP contribution in [0, 0.1) is 0 Å². The maximum atomic E-state index is 11.9. The Hall–Kier alpha value is -2.24. The summed E-state index contributed by atoms with van der Waals surface area (Å²) in [7, 11) is -9.07. The van der Waals surface area contributed by atoms with Gasteiger partial charge in [0.15, 0.2) is 5.75 Å². The minimum atomic E-state index is -4.76. The molecule has 0 saturated heterocycles. The van der Waals surface area contributed by atoms with Crippen LogP contribution in [-0.4, -0.2) is 90.2 Å². The summed E-state index contributed by atoms with van der Waals surface area (Å²) in [5, 5.41) is 26.8. The van der Waals surface area contributed by atoms with Gasteiger partial charge in [0.1, 0.15) is 10.6 Å². The van der Waals surface area contributed by atoms with E-state index in [4.69, 9.17) is 10.3 Å². The first-order valence-electron chi connectivity index (χ1n) is 9.96. The minimum absolute atomic E-state index is 0. The minimum Gasteiger partial charge on any atom is -0.505 e. The largest absolute Gasteiger partial charge is 0.505 e. The second kappa shape index (κ2) is 12.7. The SMILES string of the molecule is Nc1cccc2c(O)c(N=Nc3ccc(N=Nc4ccc(S(=O)(=O)O)cc4)cc3)c(S(=O)(=O)O)cc12.[Na].[Na]. The number of hydrogen-bond acceptors (Lipinski definition) is 10. The van der Waals surface area contributed by atoms with Gasteiger partial charge in [0, 0.05) is 75.6 Å². The summed E-state index contributed by atoms with van der Waals surface area (Å²) in [6.45, 7) is 0. The summed E-state index contributed by atoms with van der Waals surface area (Å²) in [6, 6.07) is 16.9. The third-order valence-electron chi connectivity index (χ3n) is 4.94. The van der Waals surface area contributed by atoms with Crippen molar-refractivity contribution in [2.75, 3.05) is 5.73 Å². The summed E-state index contributed by atoms with van der Waals surface area (Å²) >= 11 is 0. The van der Waals surface area contributed by atoms with Gasteiger partial charge in [-0.2, -0.15) is 32.2 Å². The van der Waals surface area contributed by atoms with E-state index >= 15 is 0 Å². The van der Waals surface area contributed by atoms with Gasteiger partial charge in [0.05, 0.1) is 22.0 Å². The Kier molecular flexibility index (Phi) is 10.7. The van der Waals surface area contributed by atoms with Crippen LogP contribution in [0.5, 0.6) is 5.75 Å². The van der Waals surface area contributed by atoms with E-state index in [0.717, 1.165) is 6.07 Å². The van der Waals surface area contributed by atoms with Crippen LogP contribution in [0.4, 0.5) is 28.4 Å². The topological polar surface area (TPSA) is 204 Å². The van der Waals surface area contributed by atoms with Crippen LogP contribution in [0.1, 0.15) is 0 Å². The fourth-order valence-electron chi connectivity index (χ4n) is 3.18. The molecule has 4 rings (SSSR count). The standard InChI is InChI=1S/C22H17N5O7S2.2Na/c23-19-3-1-2-17-18(19)12-20(36(32,33)34)21(22(17)28)27-26-14-6-4-13(5-7-14)24-25-15-8-10-16(11-9-15)35(29,30)31;;/h1-12,28H,23H2,(H,29,30,31)(H,32,33,34);;. The predicted molar refractivity (Wildman–Crippen MR) is 142 cm³/mol. The van der Waals surface area contributed by atoms with Crippen LogP contribution in [0.2, 0.25) is 0 Å². The molecule has 0 unspecified atom stereocenters. The van der Waals surface area contributed by atoms with Crippen molar-refractivity contribution in [1.29, 1.82) is 0 Å². The molecular weight excluding hydrogens is 556 g/mol. The average Bonchev–Trinajstić information content (AvgIpc) is 2.82. The van der Waals surface area contributed by atoms with E-state index in [1.54, 1.807) is 6.07 Å². The molecular formula is C22H17N5Na2O7S2. The summed E-state index contributed by atoms with van der Waals surface area (Å²) in [5.74, 6) is -0.512. The summed E-state index contributed by atoms with van der Waals surface area (Å²) < 4.78 is 64.6. The zero-order valence-corrected chi connectivity index (χ0v) is 25.7.